The van der Waals surface area contributed by atoms with Gasteiger partial charge in [0, 0.05) is 5.56 Å². The van der Waals surface area contributed by atoms with Crippen molar-refractivity contribution in [3.63, 3.8) is 0 Å². The summed E-state index contributed by atoms with van der Waals surface area (Å²) in [6, 6.07) is 11.4. The minimum atomic E-state index is -0.533. The summed E-state index contributed by atoms with van der Waals surface area (Å²) in [5, 5.41) is 5.04. The monoisotopic (exact) mass is 318 g/mol. The van der Waals surface area contributed by atoms with Crippen LogP contribution < -0.4 is 16.0 Å². The van der Waals surface area contributed by atoms with Crippen molar-refractivity contribution in [2.75, 3.05) is 12.4 Å². The number of amides is 2. The van der Waals surface area contributed by atoms with E-state index < -0.39 is 5.91 Å². The van der Waals surface area contributed by atoms with Crippen molar-refractivity contribution in [1.82, 2.24) is 0 Å². The van der Waals surface area contributed by atoms with Crippen molar-refractivity contribution in [3.8, 4) is 0 Å². The summed E-state index contributed by atoms with van der Waals surface area (Å²) >= 11 is 1.30. The van der Waals surface area contributed by atoms with E-state index in [1.807, 2.05) is 44.3 Å². The number of nitrogens with one attached hydrogen (secondary N) is 2. The summed E-state index contributed by atoms with van der Waals surface area (Å²) < 4.78 is 0. The lowest BCUT2D eigenvalue weighted by Crippen LogP contribution is -3.12. The van der Waals surface area contributed by atoms with Gasteiger partial charge < -0.3 is 16.0 Å². The minimum Gasteiger partial charge on any atom is -0.366 e. The van der Waals surface area contributed by atoms with Crippen LogP contribution >= 0.6 is 11.3 Å². The number of primary amides is 1. The average Bonchev–Trinajstić information content (AvgIpc) is 2.95. The molecule has 0 saturated carbocycles. The predicted molar refractivity (Wildman–Crippen MR) is 88.0 cm³/mol. The summed E-state index contributed by atoms with van der Waals surface area (Å²) in [7, 11) is 1.97. The normalized spacial score (nSPS) is 13.4. The number of anilines is 1. The van der Waals surface area contributed by atoms with Crippen LogP contribution in [0.15, 0.2) is 41.8 Å². The smallest absolute Gasteiger partial charge is 0.282 e. The maximum absolute atomic E-state index is 12.3. The Labute approximate surface area is 133 Å². The van der Waals surface area contributed by atoms with E-state index in [4.69, 9.17) is 5.73 Å². The first kappa shape index (κ1) is 16.2. The zero-order chi connectivity index (χ0) is 16.1. The topological polar surface area (TPSA) is 76.6 Å². The first-order valence-electron chi connectivity index (χ1n) is 7.03. The van der Waals surface area contributed by atoms with Gasteiger partial charge in [-0.25, -0.2) is 0 Å². The van der Waals surface area contributed by atoms with Gasteiger partial charge in [0.25, 0.3) is 11.8 Å². The van der Waals surface area contributed by atoms with Crippen LogP contribution in [-0.2, 0) is 11.3 Å². The Morgan fingerprint density at radius 3 is 2.59 bits per heavy atom. The van der Waals surface area contributed by atoms with E-state index in [2.05, 4.69) is 5.32 Å². The van der Waals surface area contributed by atoms with Crippen molar-refractivity contribution in [2.24, 2.45) is 5.73 Å². The van der Waals surface area contributed by atoms with Gasteiger partial charge in [-0.2, -0.15) is 0 Å². The summed E-state index contributed by atoms with van der Waals surface area (Å²) in [6.45, 7) is 2.62. The zero-order valence-corrected chi connectivity index (χ0v) is 13.4. The van der Waals surface area contributed by atoms with Crippen LogP contribution in [0.25, 0.3) is 0 Å². The first-order valence-corrected chi connectivity index (χ1v) is 7.91. The number of likely N-dealkylation sites (N-methyl/N-ethyl adjacent to an activating group) is 1. The molecule has 0 fully saturated rings. The summed E-state index contributed by atoms with van der Waals surface area (Å²) in [5.74, 6) is -0.660. The molecule has 2 atom stereocenters. The van der Waals surface area contributed by atoms with Crippen LogP contribution in [0.4, 0.5) is 5.00 Å². The second-order valence-corrected chi connectivity index (χ2v) is 6.16. The Bertz CT molecular complexity index is 654. The molecule has 0 saturated heterocycles. The molecular formula is C16H20N3O2S+. The molecule has 0 aliphatic rings. The fourth-order valence-corrected chi connectivity index (χ4v) is 2.91. The van der Waals surface area contributed by atoms with Crippen molar-refractivity contribution in [1.29, 1.82) is 0 Å². The minimum absolute atomic E-state index is 0.126. The van der Waals surface area contributed by atoms with Gasteiger partial charge in [0.15, 0.2) is 6.04 Å². The SMILES string of the molecule is C[C@@H](C(=O)Nc1sccc1C(N)=O)[NH+](C)Cc1ccccc1. The molecule has 0 aliphatic heterocycles. The Morgan fingerprint density at radius 2 is 1.95 bits per heavy atom. The Hall–Kier alpha value is -2.18. The maximum atomic E-state index is 12.3. The third-order valence-electron chi connectivity index (χ3n) is 3.63. The standard InChI is InChI=1S/C16H19N3O2S/c1-11(19(2)10-12-6-4-3-5-7-12)15(21)18-16-13(14(17)20)8-9-22-16/h3-9,11H,10H2,1-2H3,(H2,17,20)(H,18,21)/p+1/t11-/m0/s1. The lowest BCUT2D eigenvalue weighted by atomic mass is 10.2. The number of rotatable bonds is 6. The highest BCUT2D eigenvalue weighted by Gasteiger charge is 2.23. The van der Waals surface area contributed by atoms with Gasteiger partial charge in [-0.05, 0) is 18.4 Å². The fraction of sp³-hybridized carbons (Fsp3) is 0.250. The molecule has 4 N–H and O–H groups in total. The molecule has 0 bridgehead atoms. The number of hydrogen-bond donors (Lipinski definition) is 3. The second-order valence-electron chi connectivity index (χ2n) is 5.25. The second kappa shape index (κ2) is 7.20. The van der Waals surface area contributed by atoms with Gasteiger partial charge in [-0.15, -0.1) is 11.3 Å². The lowest BCUT2D eigenvalue weighted by molar-refractivity contribution is -0.907. The molecule has 1 heterocycles. The van der Waals surface area contributed by atoms with E-state index in [-0.39, 0.29) is 11.9 Å². The number of thiophene rings is 1. The van der Waals surface area contributed by atoms with E-state index in [0.717, 1.165) is 11.4 Å². The third-order valence-corrected chi connectivity index (χ3v) is 4.46. The molecule has 1 aromatic heterocycles. The molecule has 0 aliphatic carbocycles. The number of hydrogen-bond acceptors (Lipinski definition) is 3. The summed E-state index contributed by atoms with van der Waals surface area (Å²) in [4.78, 5) is 24.7. The molecule has 1 unspecified atom stereocenters. The highest BCUT2D eigenvalue weighted by molar-refractivity contribution is 7.14. The molecule has 0 radical (unpaired) electrons. The van der Waals surface area contributed by atoms with E-state index >= 15 is 0 Å². The quantitative estimate of drug-likeness (QED) is 0.740. The van der Waals surface area contributed by atoms with E-state index in [9.17, 15) is 9.59 Å². The molecule has 22 heavy (non-hydrogen) atoms. The lowest BCUT2D eigenvalue weighted by Gasteiger charge is -2.21. The van der Waals surface area contributed by atoms with Crippen LogP contribution in [-0.4, -0.2) is 24.9 Å². The van der Waals surface area contributed by atoms with Gasteiger partial charge in [-0.3, -0.25) is 9.59 Å². The summed E-state index contributed by atoms with van der Waals surface area (Å²) in [5.41, 5.74) is 6.81. The Morgan fingerprint density at radius 1 is 1.27 bits per heavy atom. The van der Waals surface area contributed by atoms with Crippen LogP contribution in [0, 0.1) is 0 Å². The molecule has 2 aromatic rings. The van der Waals surface area contributed by atoms with Gasteiger partial charge in [0.05, 0.1) is 12.6 Å². The maximum Gasteiger partial charge on any atom is 0.282 e. The van der Waals surface area contributed by atoms with Crippen LogP contribution in [0.1, 0.15) is 22.8 Å². The van der Waals surface area contributed by atoms with Crippen molar-refractivity contribution >= 4 is 28.2 Å². The van der Waals surface area contributed by atoms with E-state index in [1.54, 1.807) is 11.4 Å². The highest BCUT2D eigenvalue weighted by Crippen LogP contribution is 2.22. The van der Waals surface area contributed by atoms with Crippen molar-refractivity contribution < 1.29 is 14.5 Å². The molecule has 5 nitrogen and oxygen atoms in total. The van der Waals surface area contributed by atoms with Gasteiger partial charge in [0.2, 0.25) is 0 Å². The Kier molecular flexibility index (Phi) is 5.30. The number of benzene rings is 1. The third kappa shape index (κ3) is 3.93. The largest absolute Gasteiger partial charge is 0.366 e. The molecule has 116 valence electrons. The van der Waals surface area contributed by atoms with Crippen LogP contribution in [0.2, 0.25) is 0 Å². The molecule has 1 aromatic carbocycles. The molecule has 6 heteroatoms. The molecule has 2 amide bonds. The van der Waals surface area contributed by atoms with Crippen LogP contribution in [0.5, 0.6) is 0 Å². The highest BCUT2D eigenvalue weighted by atomic mass is 32.1. The number of carbonyl (C=O) groups is 2. The number of carbonyl (C=O) groups excluding carboxylic acids is 2. The predicted octanol–water partition coefficient (Wildman–Crippen LogP) is 0.889. The fourth-order valence-electron chi connectivity index (χ4n) is 2.11. The van der Waals surface area contributed by atoms with Crippen molar-refractivity contribution in [3.05, 3.63) is 52.9 Å². The molecule has 2 rings (SSSR count). The van der Waals surface area contributed by atoms with Gasteiger partial charge in [-0.1, -0.05) is 30.3 Å². The van der Waals surface area contributed by atoms with Gasteiger partial charge >= 0.3 is 0 Å². The average molecular weight is 318 g/mol. The van der Waals surface area contributed by atoms with Crippen LogP contribution in [0.3, 0.4) is 0 Å². The summed E-state index contributed by atoms with van der Waals surface area (Å²) in [6.07, 6.45) is 0. The number of nitrogens with two attached hydrogens (primary N) is 1. The van der Waals surface area contributed by atoms with E-state index in [0.29, 0.717) is 10.6 Å². The molecular weight excluding hydrogens is 298 g/mol. The van der Waals surface area contributed by atoms with Crippen molar-refractivity contribution in [2.45, 2.75) is 19.5 Å². The molecule has 0 spiro atoms. The number of quaternary nitrogens is 1. The Balaban J connectivity index is 1.99. The van der Waals surface area contributed by atoms with E-state index in [1.165, 1.54) is 16.9 Å². The van der Waals surface area contributed by atoms with Gasteiger partial charge in [0.1, 0.15) is 11.5 Å². The first-order chi connectivity index (χ1) is 10.5. The zero-order valence-electron chi connectivity index (χ0n) is 12.6.